The van der Waals surface area contributed by atoms with Crippen LogP contribution in [0.3, 0.4) is 0 Å². The number of benzene rings is 3. The number of carboxylic acids is 1. The Labute approximate surface area is 158 Å². The van der Waals surface area contributed by atoms with Crippen molar-refractivity contribution >= 4 is 5.97 Å². The number of hydrogen-bond donors (Lipinski definition) is 2. The Balaban J connectivity index is 1.80. The van der Waals surface area contributed by atoms with Gasteiger partial charge >= 0.3 is 5.97 Å². The van der Waals surface area contributed by atoms with Crippen LogP contribution in [0.15, 0.2) is 78.9 Å². The van der Waals surface area contributed by atoms with Crippen LogP contribution in [0.1, 0.15) is 22.7 Å². The lowest BCUT2D eigenvalue weighted by molar-refractivity contribution is -0.138. The molecule has 3 N–H and O–H groups in total. The maximum absolute atomic E-state index is 11.2. The van der Waals surface area contributed by atoms with E-state index in [-0.39, 0.29) is 0 Å². The van der Waals surface area contributed by atoms with Crippen molar-refractivity contribution in [1.29, 1.82) is 0 Å². The van der Waals surface area contributed by atoms with Gasteiger partial charge in [0, 0.05) is 0 Å². The van der Waals surface area contributed by atoms with Crippen molar-refractivity contribution in [3.8, 4) is 11.5 Å². The molecule has 138 valence electrons. The maximum Gasteiger partial charge on any atom is 0.325 e. The fourth-order valence-corrected chi connectivity index (χ4v) is 2.56. The molecular weight excluding hydrogens is 342 g/mol. The smallest absolute Gasteiger partial charge is 0.325 e. The summed E-state index contributed by atoms with van der Waals surface area (Å²) in [5.41, 5.74) is 8.21. The molecule has 0 saturated heterocycles. The van der Waals surface area contributed by atoms with Gasteiger partial charge in [0.1, 0.15) is 19.3 Å². The van der Waals surface area contributed by atoms with Gasteiger partial charge < -0.3 is 20.3 Å². The van der Waals surface area contributed by atoms with Gasteiger partial charge in [-0.2, -0.15) is 0 Å². The summed E-state index contributed by atoms with van der Waals surface area (Å²) >= 11 is 0. The summed E-state index contributed by atoms with van der Waals surface area (Å²) in [5.74, 6) is -0.0953. The van der Waals surface area contributed by atoms with Crippen molar-refractivity contribution < 1.29 is 19.4 Å². The minimum Gasteiger partial charge on any atom is -0.485 e. The van der Waals surface area contributed by atoms with E-state index in [9.17, 15) is 4.79 Å². The van der Waals surface area contributed by atoms with E-state index < -0.39 is 12.0 Å². The molecule has 0 aliphatic heterocycles. The zero-order valence-corrected chi connectivity index (χ0v) is 14.7. The van der Waals surface area contributed by atoms with E-state index >= 15 is 0 Å². The van der Waals surface area contributed by atoms with Gasteiger partial charge in [0.15, 0.2) is 11.5 Å². The van der Waals surface area contributed by atoms with Gasteiger partial charge in [-0.15, -0.1) is 0 Å². The lowest BCUT2D eigenvalue weighted by atomic mass is 10.1. The summed E-state index contributed by atoms with van der Waals surface area (Å²) in [6.07, 6.45) is 0. The molecule has 1 atom stereocenters. The number of aliphatic carboxylic acids is 1. The predicted octanol–water partition coefficient (Wildman–Crippen LogP) is 3.93. The first-order valence-corrected chi connectivity index (χ1v) is 8.59. The summed E-state index contributed by atoms with van der Waals surface area (Å²) in [6.45, 7) is 0.723. The fourth-order valence-electron chi connectivity index (χ4n) is 2.56. The quantitative estimate of drug-likeness (QED) is 0.634. The van der Waals surface area contributed by atoms with Crippen LogP contribution >= 0.6 is 0 Å². The van der Waals surface area contributed by atoms with E-state index in [1.54, 1.807) is 18.2 Å². The van der Waals surface area contributed by atoms with Crippen LogP contribution in [0.4, 0.5) is 0 Å². The second kappa shape index (κ2) is 8.87. The highest BCUT2D eigenvalue weighted by molar-refractivity contribution is 5.75. The van der Waals surface area contributed by atoms with Crippen molar-refractivity contribution in [2.45, 2.75) is 19.3 Å². The molecule has 0 bridgehead atoms. The van der Waals surface area contributed by atoms with Crippen LogP contribution in [-0.4, -0.2) is 11.1 Å². The summed E-state index contributed by atoms with van der Waals surface area (Å²) < 4.78 is 11.8. The number of hydrogen-bond acceptors (Lipinski definition) is 4. The van der Waals surface area contributed by atoms with Crippen molar-refractivity contribution in [3.63, 3.8) is 0 Å². The predicted molar refractivity (Wildman–Crippen MR) is 103 cm³/mol. The van der Waals surface area contributed by atoms with Crippen LogP contribution in [0, 0.1) is 0 Å². The minimum absolute atomic E-state index is 0.342. The van der Waals surface area contributed by atoms with Crippen molar-refractivity contribution in [2.24, 2.45) is 5.73 Å². The molecule has 3 rings (SSSR count). The van der Waals surface area contributed by atoms with E-state index in [0.717, 1.165) is 11.1 Å². The van der Waals surface area contributed by atoms with Gasteiger partial charge in [-0.25, -0.2) is 0 Å². The fraction of sp³-hybridized carbons (Fsp3) is 0.136. The number of rotatable bonds is 8. The SMILES string of the molecule is NC(C(=O)O)c1ccc(OCc2ccccc2)c(OCc2ccccc2)c1. The first-order chi connectivity index (χ1) is 13.1. The molecule has 3 aromatic rings. The van der Waals surface area contributed by atoms with Crippen LogP contribution in [-0.2, 0) is 18.0 Å². The largest absolute Gasteiger partial charge is 0.485 e. The van der Waals surface area contributed by atoms with Crippen molar-refractivity contribution in [3.05, 3.63) is 95.6 Å². The molecule has 1 unspecified atom stereocenters. The number of nitrogens with two attached hydrogens (primary N) is 1. The van der Waals surface area contributed by atoms with E-state index in [0.29, 0.717) is 30.3 Å². The molecule has 3 aromatic carbocycles. The average molecular weight is 363 g/mol. The Bertz CT molecular complexity index is 881. The first-order valence-electron chi connectivity index (χ1n) is 8.59. The zero-order chi connectivity index (χ0) is 19.1. The Morgan fingerprint density at radius 1 is 0.815 bits per heavy atom. The van der Waals surface area contributed by atoms with Crippen LogP contribution < -0.4 is 15.2 Å². The van der Waals surface area contributed by atoms with Crippen LogP contribution in [0.25, 0.3) is 0 Å². The monoisotopic (exact) mass is 363 g/mol. The second-order valence-corrected chi connectivity index (χ2v) is 6.07. The topological polar surface area (TPSA) is 81.8 Å². The average Bonchev–Trinajstić information content (AvgIpc) is 2.72. The third kappa shape index (κ3) is 5.09. The van der Waals surface area contributed by atoms with Crippen molar-refractivity contribution in [1.82, 2.24) is 0 Å². The molecule has 0 heterocycles. The molecule has 0 saturated carbocycles. The first kappa shape index (κ1) is 18.5. The Morgan fingerprint density at radius 2 is 1.33 bits per heavy atom. The molecular formula is C22H21NO4. The molecule has 5 nitrogen and oxygen atoms in total. The van der Waals surface area contributed by atoms with E-state index in [1.807, 2.05) is 60.7 Å². The third-order valence-corrected chi connectivity index (χ3v) is 4.07. The molecule has 0 aliphatic carbocycles. The Kier molecular flexibility index (Phi) is 6.07. The summed E-state index contributed by atoms with van der Waals surface area (Å²) in [7, 11) is 0. The molecule has 0 radical (unpaired) electrons. The summed E-state index contributed by atoms with van der Waals surface area (Å²) in [6, 6.07) is 23.3. The Hall–Kier alpha value is -3.31. The molecule has 27 heavy (non-hydrogen) atoms. The molecule has 5 heteroatoms. The number of carbonyl (C=O) groups is 1. The van der Waals surface area contributed by atoms with Crippen LogP contribution in [0.2, 0.25) is 0 Å². The van der Waals surface area contributed by atoms with E-state index in [2.05, 4.69) is 0 Å². The highest BCUT2D eigenvalue weighted by Crippen LogP contribution is 2.31. The maximum atomic E-state index is 11.2. The van der Waals surface area contributed by atoms with Gasteiger partial charge in [-0.1, -0.05) is 66.7 Å². The van der Waals surface area contributed by atoms with Gasteiger partial charge in [0.25, 0.3) is 0 Å². The number of ether oxygens (including phenoxy) is 2. The third-order valence-electron chi connectivity index (χ3n) is 4.07. The van der Waals surface area contributed by atoms with Gasteiger partial charge in [-0.05, 0) is 28.8 Å². The molecule has 0 spiro atoms. The normalized spacial score (nSPS) is 11.6. The Morgan fingerprint density at radius 3 is 1.85 bits per heavy atom. The lowest BCUT2D eigenvalue weighted by Crippen LogP contribution is -2.20. The standard InChI is InChI=1S/C22H21NO4/c23-21(22(24)25)18-11-12-19(26-14-16-7-3-1-4-8-16)20(13-18)27-15-17-9-5-2-6-10-17/h1-13,21H,14-15,23H2,(H,24,25). The van der Waals surface area contributed by atoms with Crippen LogP contribution in [0.5, 0.6) is 11.5 Å². The van der Waals surface area contributed by atoms with Gasteiger partial charge in [0.05, 0.1) is 0 Å². The lowest BCUT2D eigenvalue weighted by Gasteiger charge is -2.16. The molecule has 0 aromatic heterocycles. The van der Waals surface area contributed by atoms with E-state index in [4.69, 9.17) is 20.3 Å². The summed E-state index contributed by atoms with van der Waals surface area (Å²) in [4.78, 5) is 11.2. The van der Waals surface area contributed by atoms with Crippen molar-refractivity contribution in [2.75, 3.05) is 0 Å². The second-order valence-electron chi connectivity index (χ2n) is 6.07. The molecule has 0 amide bonds. The van der Waals surface area contributed by atoms with Gasteiger partial charge in [-0.3, -0.25) is 4.79 Å². The highest BCUT2D eigenvalue weighted by atomic mass is 16.5. The molecule has 0 aliphatic rings. The van der Waals surface area contributed by atoms with E-state index in [1.165, 1.54) is 0 Å². The summed E-state index contributed by atoms with van der Waals surface area (Å²) in [5, 5.41) is 9.16. The number of carboxylic acid groups (broad SMARTS) is 1. The molecule has 0 fully saturated rings. The zero-order valence-electron chi connectivity index (χ0n) is 14.7. The highest BCUT2D eigenvalue weighted by Gasteiger charge is 2.17. The minimum atomic E-state index is -1.12. The van der Waals surface area contributed by atoms with Gasteiger partial charge in [0.2, 0.25) is 0 Å².